The molecular formula is C15H21ClN4O2S. The molecule has 1 aromatic carbocycles. The zero-order valence-electron chi connectivity index (χ0n) is 13.3. The van der Waals surface area contributed by atoms with E-state index in [2.05, 4.69) is 14.7 Å². The number of nitrogens with zero attached hydrogens (tertiary/aromatic N) is 2. The van der Waals surface area contributed by atoms with Crippen LogP contribution in [0.25, 0.3) is 11.4 Å². The highest BCUT2D eigenvalue weighted by atomic mass is 35.5. The van der Waals surface area contributed by atoms with Gasteiger partial charge in [0.1, 0.15) is 5.75 Å². The van der Waals surface area contributed by atoms with Crippen LogP contribution in [0.1, 0.15) is 20.3 Å². The second-order valence-corrected chi connectivity index (χ2v) is 5.81. The van der Waals surface area contributed by atoms with Crippen LogP contribution >= 0.6 is 23.9 Å². The molecule has 2 atom stereocenters. The average molecular weight is 357 g/mol. The number of carbonyl (C=O) groups is 1. The summed E-state index contributed by atoms with van der Waals surface area (Å²) < 4.78 is 9.44. The number of hydrogen-bond donors (Lipinski definition) is 2. The molecule has 6 nitrogen and oxygen atoms in total. The van der Waals surface area contributed by atoms with Gasteiger partial charge < -0.3 is 10.5 Å². The van der Waals surface area contributed by atoms with Crippen LogP contribution in [0, 0.1) is 5.92 Å². The fourth-order valence-corrected chi connectivity index (χ4v) is 2.45. The minimum Gasteiger partial charge on any atom is -0.497 e. The van der Waals surface area contributed by atoms with Gasteiger partial charge in [-0.25, -0.2) is 0 Å². The Balaban J connectivity index is 0.00000264. The van der Waals surface area contributed by atoms with Crippen molar-refractivity contribution in [1.29, 1.82) is 0 Å². The molecule has 1 heterocycles. The molecule has 0 saturated carbocycles. The summed E-state index contributed by atoms with van der Waals surface area (Å²) in [4.78, 5) is 16.4. The average Bonchev–Trinajstić information content (AvgIpc) is 3.01. The molecule has 3 N–H and O–H groups in total. The summed E-state index contributed by atoms with van der Waals surface area (Å²) in [6, 6.07) is 6.91. The van der Waals surface area contributed by atoms with Crippen molar-refractivity contribution in [2.24, 2.45) is 11.7 Å². The Labute approximate surface area is 146 Å². The second-order valence-electron chi connectivity index (χ2n) is 5.06. The van der Waals surface area contributed by atoms with E-state index in [1.807, 2.05) is 38.1 Å². The van der Waals surface area contributed by atoms with Gasteiger partial charge in [-0.1, -0.05) is 32.4 Å². The van der Waals surface area contributed by atoms with Crippen LogP contribution < -0.4 is 15.8 Å². The van der Waals surface area contributed by atoms with Gasteiger partial charge in [0.2, 0.25) is 11.0 Å². The Morgan fingerprint density at radius 3 is 2.87 bits per heavy atom. The molecule has 8 heteroatoms. The van der Waals surface area contributed by atoms with Crippen LogP contribution in [-0.2, 0) is 4.79 Å². The smallest absolute Gasteiger partial charge is 0.243 e. The molecule has 0 radical (unpaired) electrons. The fraction of sp³-hybridized carbons (Fsp3) is 0.400. The highest BCUT2D eigenvalue weighted by Gasteiger charge is 2.20. The zero-order valence-corrected chi connectivity index (χ0v) is 14.9. The van der Waals surface area contributed by atoms with Crippen molar-refractivity contribution < 1.29 is 9.53 Å². The first-order valence-corrected chi connectivity index (χ1v) is 7.87. The van der Waals surface area contributed by atoms with Gasteiger partial charge in [-0.2, -0.15) is 9.36 Å². The number of halogens is 1. The molecule has 0 fully saturated rings. The third-order valence-electron chi connectivity index (χ3n) is 3.54. The number of aromatic nitrogens is 2. The number of nitrogens with two attached hydrogens (primary N) is 1. The largest absolute Gasteiger partial charge is 0.497 e. The molecular weight excluding hydrogens is 336 g/mol. The molecule has 0 bridgehead atoms. The second kappa shape index (κ2) is 8.81. The molecule has 0 saturated heterocycles. The summed E-state index contributed by atoms with van der Waals surface area (Å²) in [6.07, 6.45) is 0.847. The van der Waals surface area contributed by atoms with Gasteiger partial charge in [-0.3, -0.25) is 10.1 Å². The van der Waals surface area contributed by atoms with E-state index in [9.17, 15) is 4.79 Å². The van der Waals surface area contributed by atoms with Crippen molar-refractivity contribution in [3.05, 3.63) is 24.3 Å². The highest BCUT2D eigenvalue weighted by molar-refractivity contribution is 7.10. The van der Waals surface area contributed by atoms with Crippen LogP contribution in [0.5, 0.6) is 5.75 Å². The number of amides is 1. The van der Waals surface area contributed by atoms with Crippen molar-refractivity contribution in [3.63, 3.8) is 0 Å². The van der Waals surface area contributed by atoms with Crippen molar-refractivity contribution in [2.75, 3.05) is 12.4 Å². The number of nitrogens with one attached hydrogen (secondary N) is 1. The molecule has 0 aliphatic rings. The molecule has 2 aromatic rings. The Morgan fingerprint density at radius 1 is 1.48 bits per heavy atom. The fourth-order valence-electron chi connectivity index (χ4n) is 1.85. The summed E-state index contributed by atoms with van der Waals surface area (Å²) in [5.74, 6) is 1.17. The molecule has 1 aromatic heterocycles. The van der Waals surface area contributed by atoms with Gasteiger partial charge in [0.15, 0.2) is 5.82 Å². The van der Waals surface area contributed by atoms with E-state index >= 15 is 0 Å². The number of anilines is 1. The number of methoxy groups -OCH3 is 1. The van der Waals surface area contributed by atoms with Crippen molar-refractivity contribution in [2.45, 2.75) is 26.3 Å². The maximum absolute atomic E-state index is 12.0. The normalized spacial score (nSPS) is 12.9. The van der Waals surface area contributed by atoms with Gasteiger partial charge in [0.05, 0.1) is 13.2 Å². The SMILES string of the molecule is CCC(C)C(N)C(=O)Nc1nc(-c2cccc(OC)c2)ns1.Cl. The minimum atomic E-state index is -0.547. The molecule has 1 amide bonds. The third kappa shape index (κ3) is 4.89. The van der Waals surface area contributed by atoms with Gasteiger partial charge in [0.25, 0.3) is 0 Å². The van der Waals surface area contributed by atoms with Gasteiger partial charge in [0, 0.05) is 17.1 Å². The maximum atomic E-state index is 12.0. The Morgan fingerprint density at radius 2 is 2.22 bits per heavy atom. The first-order chi connectivity index (χ1) is 10.5. The van der Waals surface area contributed by atoms with Crippen molar-refractivity contribution >= 4 is 35.0 Å². The summed E-state index contributed by atoms with van der Waals surface area (Å²) >= 11 is 1.13. The van der Waals surface area contributed by atoms with E-state index in [1.165, 1.54) is 0 Å². The van der Waals surface area contributed by atoms with Gasteiger partial charge in [-0.15, -0.1) is 12.4 Å². The number of rotatable bonds is 6. The predicted octanol–water partition coefficient (Wildman–Crippen LogP) is 2.95. The van der Waals surface area contributed by atoms with E-state index in [1.54, 1.807) is 7.11 Å². The summed E-state index contributed by atoms with van der Waals surface area (Å²) in [6.45, 7) is 3.95. The van der Waals surface area contributed by atoms with E-state index in [0.717, 1.165) is 29.3 Å². The summed E-state index contributed by atoms with van der Waals surface area (Å²) in [5, 5.41) is 3.17. The van der Waals surface area contributed by atoms with Crippen LogP contribution in [0.3, 0.4) is 0 Å². The van der Waals surface area contributed by atoms with Crippen molar-refractivity contribution in [3.8, 4) is 17.1 Å². The van der Waals surface area contributed by atoms with E-state index < -0.39 is 6.04 Å². The number of ether oxygens (including phenoxy) is 1. The molecule has 2 unspecified atom stereocenters. The first-order valence-electron chi connectivity index (χ1n) is 7.09. The summed E-state index contributed by atoms with van der Waals surface area (Å²) in [5.41, 5.74) is 6.74. The third-order valence-corrected chi connectivity index (χ3v) is 4.17. The van der Waals surface area contributed by atoms with E-state index in [0.29, 0.717) is 11.0 Å². The standard InChI is InChI=1S/C15H20N4O2S.ClH/c1-4-9(2)12(16)14(20)18-15-17-13(19-22-15)10-6-5-7-11(8-10)21-3;/h5-9,12H,4,16H2,1-3H3,(H,17,18,19,20);1H. The van der Waals surface area contributed by atoms with Crippen molar-refractivity contribution in [1.82, 2.24) is 9.36 Å². The predicted molar refractivity (Wildman–Crippen MR) is 95.2 cm³/mol. The number of hydrogen-bond acceptors (Lipinski definition) is 6. The molecule has 2 rings (SSSR count). The van der Waals surface area contributed by atoms with E-state index in [-0.39, 0.29) is 24.2 Å². The Hall–Kier alpha value is -1.70. The lowest BCUT2D eigenvalue weighted by molar-refractivity contribution is -0.118. The zero-order chi connectivity index (χ0) is 16.1. The molecule has 0 aliphatic carbocycles. The number of benzene rings is 1. The van der Waals surface area contributed by atoms with Crippen LogP contribution in [-0.4, -0.2) is 28.4 Å². The van der Waals surface area contributed by atoms with E-state index in [4.69, 9.17) is 10.5 Å². The maximum Gasteiger partial charge on any atom is 0.243 e. The summed E-state index contributed by atoms with van der Waals surface area (Å²) in [7, 11) is 1.61. The lowest BCUT2D eigenvalue weighted by Gasteiger charge is -2.16. The molecule has 0 spiro atoms. The number of carbonyl (C=O) groups excluding carboxylic acids is 1. The molecule has 126 valence electrons. The Bertz CT molecular complexity index is 650. The lowest BCUT2D eigenvalue weighted by atomic mass is 10.00. The minimum absolute atomic E-state index is 0. The molecule has 0 aliphatic heterocycles. The molecule has 23 heavy (non-hydrogen) atoms. The Kier molecular flexibility index (Phi) is 7.41. The highest BCUT2D eigenvalue weighted by Crippen LogP contribution is 2.24. The quantitative estimate of drug-likeness (QED) is 0.830. The van der Waals surface area contributed by atoms with Crippen LogP contribution in [0.4, 0.5) is 5.13 Å². The monoisotopic (exact) mass is 356 g/mol. The lowest BCUT2D eigenvalue weighted by Crippen LogP contribution is -2.40. The van der Waals surface area contributed by atoms with Gasteiger partial charge in [-0.05, 0) is 18.1 Å². The van der Waals surface area contributed by atoms with Crippen LogP contribution in [0.15, 0.2) is 24.3 Å². The first kappa shape index (κ1) is 19.3. The van der Waals surface area contributed by atoms with Gasteiger partial charge >= 0.3 is 0 Å². The van der Waals surface area contributed by atoms with Crippen LogP contribution in [0.2, 0.25) is 0 Å². The topological polar surface area (TPSA) is 90.1 Å².